The summed E-state index contributed by atoms with van der Waals surface area (Å²) < 4.78 is 186. The van der Waals surface area contributed by atoms with E-state index >= 15 is 0 Å². The standard InChI is InChI=1S/C14H28O2.C8HF15O2.K.Na/c1-2-3-4-5-6-7-8-9-10-11-12-13-14(15)16;9-2(10,1(24)25)3(11,12)4(13,14)5(15,16)6(17,18)7(19,20)8(21,22)23;;/h2-13H2,1H3,(H,15,16);(H,24,25);;/q;;2*+1/p-2. The molecule has 0 rings (SSSR count). The number of carbonyl (C=O) groups is 2. The number of alkyl halides is 15. The van der Waals surface area contributed by atoms with Gasteiger partial charge in [0.1, 0.15) is 5.97 Å². The molecule has 21 heteroatoms. The average molecular weight is 703 g/mol. The van der Waals surface area contributed by atoms with Crippen molar-refractivity contribution in [2.24, 2.45) is 0 Å². The Morgan fingerprint density at radius 2 is 0.767 bits per heavy atom. The maximum absolute atomic E-state index is 12.8. The molecule has 246 valence electrons. The Bertz CT molecular complexity index is 825. The summed E-state index contributed by atoms with van der Waals surface area (Å²) in [4.78, 5) is 19.8. The molecule has 0 radical (unpaired) electrons. The van der Waals surface area contributed by atoms with E-state index in [1.54, 1.807) is 0 Å². The van der Waals surface area contributed by atoms with Crippen LogP contribution >= 0.6 is 0 Å². The fraction of sp³-hybridized carbons (Fsp3) is 0.909. The van der Waals surface area contributed by atoms with Crippen LogP contribution in [0.25, 0.3) is 0 Å². The monoisotopic (exact) mass is 702 g/mol. The van der Waals surface area contributed by atoms with E-state index in [2.05, 4.69) is 6.92 Å². The molecule has 0 atom stereocenters. The van der Waals surface area contributed by atoms with Crippen LogP contribution in [0.1, 0.15) is 84.0 Å². The van der Waals surface area contributed by atoms with Crippen LogP contribution in [0, 0.1) is 0 Å². The molecule has 0 spiro atoms. The summed E-state index contributed by atoms with van der Waals surface area (Å²) in [5.74, 6) is -54.2. The third-order valence-electron chi connectivity index (χ3n) is 5.57. The van der Waals surface area contributed by atoms with Crippen molar-refractivity contribution in [1.29, 1.82) is 0 Å². The minimum atomic E-state index is -8.50. The Kier molecular flexibility index (Phi) is 23.5. The van der Waals surface area contributed by atoms with Gasteiger partial charge in [-0.1, -0.05) is 71.1 Å². The van der Waals surface area contributed by atoms with E-state index in [1.165, 1.54) is 57.8 Å². The SMILES string of the molecule is CCCCCCCCCCCCCC(=O)[O-].O=C([O-])C(F)(F)C(F)(F)C(F)(F)C(F)(F)C(F)(F)C(F)(F)C(F)(F)F.[K+].[Na+]. The van der Waals surface area contributed by atoms with Crippen molar-refractivity contribution in [2.45, 2.75) is 126 Å². The fourth-order valence-corrected chi connectivity index (χ4v) is 3.03. The zero-order chi connectivity index (χ0) is 33.1. The Labute approximate surface area is 301 Å². The van der Waals surface area contributed by atoms with E-state index < -0.39 is 53.7 Å². The number of halogens is 15. The van der Waals surface area contributed by atoms with Crippen LogP contribution in [0.15, 0.2) is 0 Å². The van der Waals surface area contributed by atoms with Gasteiger partial charge >= 0.3 is 123 Å². The fourth-order valence-electron chi connectivity index (χ4n) is 3.03. The normalized spacial score (nSPS) is 13.3. The number of carbonyl (C=O) groups excluding carboxylic acids is 2. The van der Waals surface area contributed by atoms with Crippen LogP contribution in [-0.2, 0) is 9.59 Å². The first-order valence-corrected chi connectivity index (χ1v) is 12.0. The van der Waals surface area contributed by atoms with Gasteiger partial charge in [-0.3, -0.25) is 0 Å². The van der Waals surface area contributed by atoms with Crippen LogP contribution in [0.3, 0.4) is 0 Å². The topological polar surface area (TPSA) is 80.3 Å². The first-order valence-electron chi connectivity index (χ1n) is 12.0. The van der Waals surface area contributed by atoms with Crippen molar-refractivity contribution in [3.05, 3.63) is 0 Å². The summed E-state index contributed by atoms with van der Waals surface area (Å²) in [6.45, 7) is 2.24. The second-order valence-corrected chi connectivity index (χ2v) is 8.89. The number of carboxylic acid groups (broad SMARTS) is 2. The van der Waals surface area contributed by atoms with Crippen molar-refractivity contribution in [1.82, 2.24) is 0 Å². The maximum Gasteiger partial charge on any atom is 1.00 e. The Balaban J connectivity index is -0.000000368. The van der Waals surface area contributed by atoms with Crippen LogP contribution in [0.5, 0.6) is 0 Å². The summed E-state index contributed by atoms with van der Waals surface area (Å²) in [6.07, 6.45) is 6.33. The summed E-state index contributed by atoms with van der Waals surface area (Å²) in [7, 11) is 0. The maximum atomic E-state index is 12.8. The predicted molar refractivity (Wildman–Crippen MR) is 107 cm³/mol. The zero-order valence-electron chi connectivity index (χ0n) is 23.3. The Hall–Kier alpha value is 0.526. The van der Waals surface area contributed by atoms with Crippen molar-refractivity contribution < 1.29 is 167 Å². The first kappa shape index (κ1) is 50.4. The molecule has 43 heavy (non-hydrogen) atoms. The summed E-state index contributed by atoms with van der Waals surface area (Å²) in [5.41, 5.74) is 0. The molecule has 0 aliphatic carbocycles. The third-order valence-corrected chi connectivity index (χ3v) is 5.57. The molecule has 0 aliphatic rings. The first-order chi connectivity index (χ1) is 18.2. The Morgan fingerprint density at radius 3 is 1.05 bits per heavy atom. The van der Waals surface area contributed by atoms with Crippen LogP contribution in [0.2, 0.25) is 0 Å². The van der Waals surface area contributed by atoms with Gasteiger partial charge in [0.15, 0.2) is 0 Å². The predicted octanol–water partition coefficient (Wildman–Crippen LogP) is 0.556. The molecule has 0 saturated carbocycles. The number of unbranched alkanes of at least 4 members (excludes halogenated alkanes) is 10. The summed E-state index contributed by atoms with van der Waals surface area (Å²) >= 11 is 0. The minimum Gasteiger partial charge on any atom is -0.550 e. The molecular weight excluding hydrogens is 675 g/mol. The summed E-state index contributed by atoms with van der Waals surface area (Å²) in [6, 6.07) is 0. The molecular formula is C22H27F15KNaO4. The summed E-state index contributed by atoms with van der Waals surface area (Å²) in [5, 5.41) is 19.8. The van der Waals surface area contributed by atoms with E-state index in [1.807, 2.05) is 0 Å². The quantitative estimate of drug-likeness (QED) is 0.119. The van der Waals surface area contributed by atoms with Gasteiger partial charge in [0.25, 0.3) is 0 Å². The van der Waals surface area contributed by atoms with Gasteiger partial charge in [-0.05, 0) is 12.8 Å². The number of aliphatic carboxylic acids is 2. The van der Waals surface area contributed by atoms with Gasteiger partial charge in [0, 0.05) is 5.97 Å². The molecule has 0 N–H and O–H groups in total. The number of rotatable bonds is 18. The van der Waals surface area contributed by atoms with E-state index in [0.717, 1.165) is 12.8 Å². The van der Waals surface area contributed by atoms with E-state index in [-0.39, 0.29) is 87.4 Å². The largest absolute Gasteiger partial charge is 1.00 e. The molecule has 0 amide bonds. The molecule has 0 unspecified atom stereocenters. The van der Waals surface area contributed by atoms with Crippen LogP contribution in [-0.4, -0.2) is 53.7 Å². The van der Waals surface area contributed by atoms with Crippen molar-refractivity contribution in [3.8, 4) is 0 Å². The molecule has 0 aliphatic heterocycles. The zero-order valence-corrected chi connectivity index (χ0v) is 28.4. The van der Waals surface area contributed by atoms with Crippen molar-refractivity contribution in [2.75, 3.05) is 0 Å². The number of hydrogen-bond donors (Lipinski definition) is 0. The van der Waals surface area contributed by atoms with Crippen molar-refractivity contribution >= 4 is 11.9 Å². The third kappa shape index (κ3) is 12.9. The molecule has 0 aromatic heterocycles. The molecule has 0 fully saturated rings. The number of hydrogen-bond acceptors (Lipinski definition) is 4. The van der Waals surface area contributed by atoms with Crippen molar-refractivity contribution in [3.63, 3.8) is 0 Å². The molecule has 0 aromatic carbocycles. The molecule has 0 bridgehead atoms. The van der Waals surface area contributed by atoms with Gasteiger partial charge in [-0.2, -0.15) is 65.9 Å². The van der Waals surface area contributed by atoms with Gasteiger partial charge in [0.05, 0.1) is 0 Å². The second kappa shape index (κ2) is 20.0. The molecule has 0 aromatic rings. The van der Waals surface area contributed by atoms with Crippen LogP contribution < -0.4 is 91.2 Å². The molecule has 0 heterocycles. The van der Waals surface area contributed by atoms with E-state index in [0.29, 0.717) is 0 Å². The smallest absolute Gasteiger partial charge is 0.550 e. The molecule has 4 nitrogen and oxygen atoms in total. The molecule has 0 saturated heterocycles. The van der Waals surface area contributed by atoms with Gasteiger partial charge < -0.3 is 19.8 Å². The van der Waals surface area contributed by atoms with Crippen LogP contribution in [0.4, 0.5) is 65.9 Å². The minimum absolute atomic E-state index is 0. The average Bonchev–Trinajstić information content (AvgIpc) is 2.81. The van der Waals surface area contributed by atoms with E-state index in [4.69, 9.17) is 0 Å². The van der Waals surface area contributed by atoms with Gasteiger partial charge in [-0.15, -0.1) is 0 Å². The van der Waals surface area contributed by atoms with Gasteiger partial charge in [-0.25, -0.2) is 0 Å². The van der Waals surface area contributed by atoms with Gasteiger partial charge in [0.2, 0.25) is 0 Å². The Morgan fingerprint density at radius 1 is 0.488 bits per heavy atom. The van der Waals surface area contributed by atoms with E-state index in [9.17, 15) is 85.7 Å². The second-order valence-electron chi connectivity index (χ2n) is 8.89. The number of carboxylic acids is 2.